The van der Waals surface area contributed by atoms with Crippen molar-refractivity contribution >= 4 is 28.0 Å². The molecule has 0 aliphatic heterocycles. The predicted molar refractivity (Wildman–Crippen MR) is 120 cm³/mol. The summed E-state index contributed by atoms with van der Waals surface area (Å²) in [6.07, 6.45) is -12.2. The van der Waals surface area contributed by atoms with E-state index in [1.807, 2.05) is 0 Å². The fraction of sp³-hybridized carbons (Fsp3) is 0.0769. The molecule has 0 spiro atoms. The van der Waals surface area contributed by atoms with E-state index in [0.29, 0.717) is 16.4 Å². The normalized spacial score (nSPS) is 12.2. The van der Waals surface area contributed by atoms with Crippen molar-refractivity contribution in [3.8, 4) is 0 Å². The molecule has 4 rings (SSSR count). The maximum atomic E-state index is 13.8. The van der Waals surface area contributed by atoms with Crippen molar-refractivity contribution in [3.63, 3.8) is 0 Å². The number of benzene rings is 4. The van der Waals surface area contributed by atoms with E-state index < -0.39 is 29.6 Å². The molecular weight excluding hydrogens is 460 g/mol. The number of rotatable bonds is 4. The van der Waals surface area contributed by atoms with Crippen LogP contribution in [0.3, 0.4) is 0 Å². The van der Waals surface area contributed by atoms with Gasteiger partial charge in [-0.3, -0.25) is 0 Å². The molecule has 0 nitrogen and oxygen atoms in total. The maximum absolute atomic E-state index is 13.8. The summed E-state index contributed by atoms with van der Waals surface area (Å²) in [6, 6.07) is 28.0. The zero-order valence-corrected chi connectivity index (χ0v) is 20.2. The van der Waals surface area contributed by atoms with Gasteiger partial charge in [-0.1, -0.05) is 103 Å². The molecule has 0 N–H and O–H groups in total. The summed E-state index contributed by atoms with van der Waals surface area (Å²) in [6.45, 7) is 0. The van der Waals surface area contributed by atoms with Gasteiger partial charge >= 0.3 is 41.9 Å². The van der Waals surface area contributed by atoms with Gasteiger partial charge in [0, 0.05) is 0 Å². The van der Waals surface area contributed by atoms with E-state index in [9.17, 15) is 26.3 Å². The second-order valence-electron chi connectivity index (χ2n) is 7.94. The van der Waals surface area contributed by atoms with Gasteiger partial charge in [0.2, 0.25) is 0 Å². The SMILES string of the molecule is FC(F)(F)c1cc([B-](c2ccccc2)(c2ccccc2)c2ccccc2)cc(C(F)(F)F)c1.[Na+]. The second-order valence-corrected chi connectivity index (χ2v) is 7.94. The number of hydrogen-bond acceptors (Lipinski definition) is 0. The Kier molecular flexibility index (Phi) is 7.70. The van der Waals surface area contributed by atoms with Crippen molar-refractivity contribution in [3.05, 3.63) is 120 Å². The molecule has 0 aliphatic rings. The number of hydrogen-bond donors (Lipinski definition) is 0. The standard InChI is InChI=1S/C26H18BF6.Na/c28-25(29,30)19-16-20(26(31,32)33)18-24(17-19)27(21-10-4-1-5-11-21,22-12-6-2-7-13-22)23-14-8-3-9-15-23;/h1-18H;/q-1;+1. The van der Waals surface area contributed by atoms with Crippen molar-refractivity contribution in [1.82, 2.24) is 0 Å². The first-order valence-electron chi connectivity index (χ1n) is 10.3. The molecule has 0 amide bonds. The Morgan fingerprint density at radius 1 is 0.412 bits per heavy atom. The first-order valence-corrected chi connectivity index (χ1v) is 10.3. The Bertz CT molecular complexity index is 1090. The predicted octanol–water partition coefficient (Wildman–Crippen LogP) is 2.11. The van der Waals surface area contributed by atoms with E-state index in [4.69, 9.17) is 0 Å². The Labute approximate surface area is 215 Å². The largest absolute Gasteiger partial charge is 1.00 e. The third-order valence-electron chi connectivity index (χ3n) is 6.01. The van der Waals surface area contributed by atoms with Gasteiger partial charge in [-0.15, -0.1) is 0 Å². The molecule has 0 unspecified atom stereocenters. The van der Waals surface area contributed by atoms with Gasteiger partial charge in [-0.05, 0) is 6.07 Å². The zero-order chi connectivity index (χ0) is 23.7. The molecule has 0 atom stereocenters. The number of halogens is 6. The quantitative estimate of drug-likeness (QED) is 0.312. The first-order chi connectivity index (χ1) is 15.6. The minimum absolute atomic E-state index is 0. The molecule has 4 aromatic rings. The third kappa shape index (κ3) is 4.97. The van der Waals surface area contributed by atoms with Crippen LogP contribution < -0.4 is 51.4 Å². The third-order valence-corrected chi connectivity index (χ3v) is 6.01. The maximum Gasteiger partial charge on any atom is 1.00 e. The van der Waals surface area contributed by atoms with Crippen molar-refractivity contribution in [2.45, 2.75) is 12.4 Å². The second kappa shape index (κ2) is 10.0. The van der Waals surface area contributed by atoms with E-state index >= 15 is 0 Å². The Balaban J connectivity index is 0.00000324. The van der Waals surface area contributed by atoms with E-state index in [0.717, 1.165) is 12.1 Å². The van der Waals surface area contributed by atoms with E-state index in [2.05, 4.69) is 0 Å². The van der Waals surface area contributed by atoms with Crippen LogP contribution in [0.15, 0.2) is 109 Å². The summed E-state index contributed by atoms with van der Waals surface area (Å²) in [7, 11) is 0. The summed E-state index contributed by atoms with van der Waals surface area (Å²) in [4.78, 5) is 0. The van der Waals surface area contributed by atoms with Gasteiger partial charge < -0.3 is 0 Å². The average molecular weight is 478 g/mol. The van der Waals surface area contributed by atoms with Crippen LogP contribution in [0.2, 0.25) is 0 Å². The van der Waals surface area contributed by atoms with E-state index in [-0.39, 0.29) is 41.1 Å². The van der Waals surface area contributed by atoms with Gasteiger partial charge in [0.1, 0.15) is 6.15 Å². The monoisotopic (exact) mass is 478 g/mol. The van der Waals surface area contributed by atoms with Gasteiger partial charge in [0.05, 0.1) is 11.1 Å². The molecule has 8 heteroatoms. The Hall–Kier alpha value is -2.48. The minimum Gasteiger partial charge on any atom is -0.195 e. The first kappa shape index (κ1) is 26.1. The van der Waals surface area contributed by atoms with Gasteiger partial charge in [0.15, 0.2) is 0 Å². The van der Waals surface area contributed by atoms with Crippen molar-refractivity contribution in [1.29, 1.82) is 0 Å². The van der Waals surface area contributed by atoms with Crippen LogP contribution in [0.5, 0.6) is 0 Å². The van der Waals surface area contributed by atoms with E-state index in [1.54, 1.807) is 91.0 Å². The molecule has 0 heterocycles. The van der Waals surface area contributed by atoms with Crippen LogP contribution in [-0.2, 0) is 12.4 Å². The fourth-order valence-corrected chi connectivity index (χ4v) is 4.61. The molecule has 0 aliphatic carbocycles. The van der Waals surface area contributed by atoms with Crippen LogP contribution >= 0.6 is 0 Å². The molecule has 0 aromatic heterocycles. The minimum atomic E-state index is -4.94. The fourth-order valence-electron chi connectivity index (χ4n) is 4.61. The van der Waals surface area contributed by atoms with E-state index in [1.165, 1.54) is 0 Å². The van der Waals surface area contributed by atoms with Crippen molar-refractivity contribution < 1.29 is 55.9 Å². The van der Waals surface area contributed by atoms with Gasteiger partial charge in [-0.2, -0.15) is 48.2 Å². The van der Waals surface area contributed by atoms with Crippen molar-refractivity contribution in [2.24, 2.45) is 0 Å². The topological polar surface area (TPSA) is 0 Å². The summed E-state index contributed by atoms with van der Waals surface area (Å²) >= 11 is 0. The average Bonchev–Trinajstić information content (AvgIpc) is 2.80. The van der Waals surface area contributed by atoms with Crippen LogP contribution in [0, 0.1) is 0 Å². The zero-order valence-electron chi connectivity index (χ0n) is 18.2. The molecule has 0 fully saturated rings. The summed E-state index contributed by atoms with van der Waals surface area (Å²) < 4.78 is 82.6. The molecule has 0 bridgehead atoms. The van der Waals surface area contributed by atoms with Crippen molar-refractivity contribution in [2.75, 3.05) is 0 Å². The molecule has 0 radical (unpaired) electrons. The smallest absolute Gasteiger partial charge is 0.195 e. The summed E-state index contributed by atoms with van der Waals surface area (Å²) in [5, 5.41) is 0. The molecule has 34 heavy (non-hydrogen) atoms. The van der Waals surface area contributed by atoms with Crippen LogP contribution in [0.4, 0.5) is 26.3 Å². The molecule has 168 valence electrons. The number of alkyl halides is 6. The van der Waals surface area contributed by atoms with Crippen LogP contribution in [0.25, 0.3) is 0 Å². The van der Waals surface area contributed by atoms with Gasteiger partial charge in [0.25, 0.3) is 0 Å². The molecule has 0 saturated carbocycles. The van der Waals surface area contributed by atoms with Crippen LogP contribution in [-0.4, -0.2) is 6.15 Å². The van der Waals surface area contributed by atoms with Gasteiger partial charge in [-0.25, -0.2) is 0 Å². The summed E-state index contributed by atoms with van der Waals surface area (Å²) in [5.41, 5.74) is -0.879. The molecule has 0 saturated heterocycles. The molecule has 4 aromatic carbocycles. The van der Waals surface area contributed by atoms with Crippen LogP contribution in [0.1, 0.15) is 11.1 Å². The Morgan fingerprint density at radius 2 is 0.706 bits per heavy atom. The Morgan fingerprint density at radius 3 is 0.971 bits per heavy atom. The molecular formula is C26H18BF6Na. The summed E-state index contributed by atoms with van der Waals surface area (Å²) in [5.74, 6) is 0.